The highest BCUT2D eigenvalue weighted by Crippen LogP contribution is 2.31. The standard InChI is InChI=1S/C22H27N3O3/c1-15-13-24(14-16(2)28-15)21-9-6-18(12-23-21)22(26)25-10-4-5-17-11-19(27-3)7-8-20(17)25/h6-9,11-12,15-16H,4-5,10,13-14H2,1-3H3/t15-,16-/m1/s1. The molecule has 2 aliphatic rings. The first kappa shape index (κ1) is 18.7. The van der Waals surface area contributed by atoms with Crippen molar-refractivity contribution in [1.82, 2.24) is 4.98 Å². The van der Waals surface area contributed by atoms with Gasteiger partial charge < -0.3 is 19.3 Å². The molecule has 2 atom stereocenters. The van der Waals surface area contributed by atoms with E-state index in [2.05, 4.69) is 23.7 Å². The Labute approximate surface area is 166 Å². The van der Waals surface area contributed by atoms with Gasteiger partial charge in [-0.1, -0.05) is 0 Å². The summed E-state index contributed by atoms with van der Waals surface area (Å²) in [6.45, 7) is 6.49. The lowest BCUT2D eigenvalue weighted by molar-refractivity contribution is -0.00546. The summed E-state index contributed by atoms with van der Waals surface area (Å²) in [4.78, 5) is 21.8. The second-order valence-electron chi connectivity index (χ2n) is 7.62. The highest BCUT2D eigenvalue weighted by Gasteiger charge is 2.26. The molecule has 4 rings (SSSR count). The molecule has 6 nitrogen and oxygen atoms in total. The van der Waals surface area contributed by atoms with Gasteiger partial charge in [-0.25, -0.2) is 4.98 Å². The number of benzene rings is 1. The number of carbonyl (C=O) groups excluding carboxylic acids is 1. The Hall–Kier alpha value is -2.60. The van der Waals surface area contributed by atoms with Gasteiger partial charge in [-0.15, -0.1) is 0 Å². The van der Waals surface area contributed by atoms with Crippen LogP contribution in [0.1, 0.15) is 36.2 Å². The molecule has 1 fully saturated rings. The summed E-state index contributed by atoms with van der Waals surface area (Å²) in [5.74, 6) is 1.71. The smallest absolute Gasteiger partial charge is 0.259 e. The van der Waals surface area contributed by atoms with Crippen molar-refractivity contribution < 1.29 is 14.3 Å². The van der Waals surface area contributed by atoms with Crippen molar-refractivity contribution in [2.45, 2.75) is 38.9 Å². The van der Waals surface area contributed by atoms with Crippen LogP contribution in [-0.2, 0) is 11.2 Å². The lowest BCUT2D eigenvalue weighted by atomic mass is 10.0. The van der Waals surface area contributed by atoms with E-state index in [4.69, 9.17) is 9.47 Å². The number of pyridine rings is 1. The van der Waals surface area contributed by atoms with Gasteiger partial charge in [-0.05, 0) is 62.6 Å². The average molecular weight is 381 g/mol. The quantitative estimate of drug-likeness (QED) is 0.817. The molecule has 0 unspecified atom stereocenters. The van der Waals surface area contributed by atoms with E-state index in [1.165, 1.54) is 0 Å². The van der Waals surface area contributed by atoms with Gasteiger partial charge >= 0.3 is 0 Å². The minimum absolute atomic E-state index is 0.00567. The SMILES string of the molecule is COc1ccc2c(c1)CCCN2C(=O)c1ccc(N2C[C@@H](C)O[C@H](C)C2)nc1. The van der Waals surface area contributed by atoms with Crippen LogP contribution in [0.5, 0.6) is 5.75 Å². The number of aryl methyl sites for hydroxylation is 1. The number of fused-ring (bicyclic) bond motifs is 1. The summed E-state index contributed by atoms with van der Waals surface area (Å²) < 4.78 is 11.1. The number of morpholine rings is 1. The molecule has 0 saturated carbocycles. The fraction of sp³-hybridized carbons (Fsp3) is 0.455. The first-order chi connectivity index (χ1) is 13.5. The number of hydrogen-bond acceptors (Lipinski definition) is 5. The fourth-order valence-electron chi connectivity index (χ4n) is 4.13. The van der Waals surface area contributed by atoms with Gasteiger partial charge in [0.2, 0.25) is 0 Å². The van der Waals surface area contributed by atoms with Crippen LogP contribution in [-0.4, -0.2) is 49.8 Å². The predicted octanol–water partition coefficient (Wildman–Crippen LogP) is 3.30. The lowest BCUT2D eigenvalue weighted by Gasteiger charge is -2.36. The summed E-state index contributed by atoms with van der Waals surface area (Å²) in [6.07, 6.45) is 3.95. The van der Waals surface area contributed by atoms with E-state index in [9.17, 15) is 4.79 Å². The van der Waals surface area contributed by atoms with E-state index in [0.717, 1.165) is 55.3 Å². The highest BCUT2D eigenvalue weighted by molar-refractivity contribution is 6.06. The number of anilines is 2. The van der Waals surface area contributed by atoms with Gasteiger partial charge in [0.1, 0.15) is 11.6 Å². The average Bonchev–Trinajstić information content (AvgIpc) is 2.71. The van der Waals surface area contributed by atoms with E-state index < -0.39 is 0 Å². The minimum Gasteiger partial charge on any atom is -0.497 e. The van der Waals surface area contributed by atoms with Crippen LogP contribution in [0.2, 0.25) is 0 Å². The third-order valence-electron chi connectivity index (χ3n) is 5.39. The van der Waals surface area contributed by atoms with Gasteiger partial charge in [0.05, 0.1) is 24.9 Å². The molecule has 1 saturated heterocycles. The first-order valence-electron chi connectivity index (χ1n) is 9.90. The van der Waals surface area contributed by atoms with Crippen molar-refractivity contribution in [2.75, 3.05) is 36.5 Å². The molecule has 148 valence electrons. The second kappa shape index (κ2) is 7.80. The molecular formula is C22H27N3O3. The van der Waals surface area contributed by atoms with Crippen LogP contribution in [0, 0.1) is 0 Å². The van der Waals surface area contributed by atoms with Crippen LogP contribution in [0.15, 0.2) is 36.5 Å². The van der Waals surface area contributed by atoms with Gasteiger partial charge in [0.15, 0.2) is 0 Å². The van der Waals surface area contributed by atoms with E-state index in [-0.39, 0.29) is 18.1 Å². The van der Waals surface area contributed by atoms with Crippen molar-refractivity contribution in [2.24, 2.45) is 0 Å². The van der Waals surface area contributed by atoms with Crippen LogP contribution in [0.3, 0.4) is 0 Å². The molecule has 2 aromatic rings. The molecule has 0 aliphatic carbocycles. The zero-order valence-electron chi connectivity index (χ0n) is 16.7. The normalized spacial score (nSPS) is 22.0. The van der Waals surface area contributed by atoms with Crippen molar-refractivity contribution in [3.63, 3.8) is 0 Å². The zero-order chi connectivity index (χ0) is 19.7. The van der Waals surface area contributed by atoms with Crippen LogP contribution >= 0.6 is 0 Å². The predicted molar refractivity (Wildman–Crippen MR) is 109 cm³/mol. The Morgan fingerprint density at radius 3 is 2.64 bits per heavy atom. The monoisotopic (exact) mass is 381 g/mol. The summed E-state index contributed by atoms with van der Waals surface area (Å²) in [7, 11) is 1.66. The largest absolute Gasteiger partial charge is 0.497 e. The molecule has 0 N–H and O–H groups in total. The topological polar surface area (TPSA) is 54.9 Å². The maximum Gasteiger partial charge on any atom is 0.259 e. The molecule has 1 aromatic carbocycles. The molecule has 3 heterocycles. The Bertz CT molecular complexity index is 843. The van der Waals surface area contributed by atoms with E-state index in [1.807, 2.05) is 35.2 Å². The highest BCUT2D eigenvalue weighted by atomic mass is 16.5. The van der Waals surface area contributed by atoms with E-state index in [0.29, 0.717) is 5.56 Å². The molecule has 0 spiro atoms. The molecule has 1 amide bonds. The van der Waals surface area contributed by atoms with E-state index >= 15 is 0 Å². The third kappa shape index (κ3) is 3.69. The van der Waals surface area contributed by atoms with Gasteiger partial charge in [0, 0.05) is 31.5 Å². The number of ether oxygens (including phenoxy) is 2. The van der Waals surface area contributed by atoms with Gasteiger partial charge in [0.25, 0.3) is 5.91 Å². The molecule has 2 aliphatic heterocycles. The summed E-state index contributed by atoms with van der Waals surface area (Å²) >= 11 is 0. The number of hydrogen-bond donors (Lipinski definition) is 0. The van der Waals surface area contributed by atoms with E-state index in [1.54, 1.807) is 13.3 Å². The van der Waals surface area contributed by atoms with Crippen molar-refractivity contribution >= 4 is 17.4 Å². The summed E-state index contributed by atoms with van der Waals surface area (Å²) in [5.41, 5.74) is 2.73. The zero-order valence-corrected chi connectivity index (χ0v) is 16.7. The van der Waals surface area contributed by atoms with Crippen LogP contribution < -0.4 is 14.5 Å². The summed E-state index contributed by atoms with van der Waals surface area (Å²) in [5, 5.41) is 0. The molecule has 28 heavy (non-hydrogen) atoms. The Morgan fingerprint density at radius 1 is 1.18 bits per heavy atom. The molecular weight excluding hydrogens is 354 g/mol. The number of methoxy groups -OCH3 is 1. The Kier molecular flexibility index (Phi) is 5.22. The van der Waals surface area contributed by atoms with Crippen molar-refractivity contribution in [3.8, 4) is 5.75 Å². The fourth-order valence-corrected chi connectivity index (χ4v) is 4.13. The number of nitrogens with zero attached hydrogens (tertiary/aromatic N) is 3. The Balaban J connectivity index is 1.53. The Morgan fingerprint density at radius 2 is 1.96 bits per heavy atom. The first-order valence-corrected chi connectivity index (χ1v) is 9.90. The molecule has 1 aromatic heterocycles. The van der Waals surface area contributed by atoms with Crippen molar-refractivity contribution in [1.29, 1.82) is 0 Å². The number of rotatable bonds is 3. The second-order valence-corrected chi connectivity index (χ2v) is 7.62. The van der Waals surface area contributed by atoms with Gasteiger partial charge in [-0.3, -0.25) is 4.79 Å². The number of aromatic nitrogens is 1. The third-order valence-corrected chi connectivity index (χ3v) is 5.39. The van der Waals surface area contributed by atoms with Crippen LogP contribution in [0.25, 0.3) is 0 Å². The minimum atomic E-state index is -0.00567. The molecule has 0 radical (unpaired) electrons. The van der Waals surface area contributed by atoms with Crippen molar-refractivity contribution in [3.05, 3.63) is 47.7 Å². The molecule has 0 bridgehead atoms. The number of amides is 1. The maximum absolute atomic E-state index is 13.1. The summed E-state index contributed by atoms with van der Waals surface area (Å²) in [6, 6.07) is 9.73. The van der Waals surface area contributed by atoms with Crippen LogP contribution in [0.4, 0.5) is 11.5 Å². The molecule has 6 heteroatoms. The maximum atomic E-state index is 13.1. The van der Waals surface area contributed by atoms with Gasteiger partial charge in [-0.2, -0.15) is 0 Å². The number of carbonyl (C=O) groups is 1. The lowest BCUT2D eigenvalue weighted by Crippen LogP contribution is -2.45.